The fraction of sp³-hybridized carbons (Fsp3) is 0.300. The molecule has 1 aliphatic heterocycles. The third kappa shape index (κ3) is 3.82. The van der Waals surface area contributed by atoms with Gasteiger partial charge in [-0.05, 0) is 43.5 Å². The van der Waals surface area contributed by atoms with E-state index in [0.29, 0.717) is 13.0 Å². The van der Waals surface area contributed by atoms with Crippen LogP contribution < -0.4 is 14.9 Å². The molecule has 1 N–H and O–H groups in total. The van der Waals surface area contributed by atoms with Crippen molar-refractivity contribution in [2.75, 3.05) is 13.2 Å². The van der Waals surface area contributed by atoms with Gasteiger partial charge < -0.3 is 9.47 Å². The second-order valence-electron chi connectivity index (χ2n) is 6.15. The van der Waals surface area contributed by atoms with Gasteiger partial charge in [-0.3, -0.25) is 4.79 Å². The highest BCUT2D eigenvalue weighted by molar-refractivity contribution is 6.04. The summed E-state index contributed by atoms with van der Waals surface area (Å²) in [6.07, 6.45) is 0.661. The van der Waals surface area contributed by atoms with Crippen LogP contribution in [0.15, 0.2) is 41.5 Å². The number of hydrogen-bond acceptors (Lipinski definition) is 4. The molecule has 1 aliphatic rings. The summed E-state index contributed by atoms with van der Waals surface area (Å²) < 4.78 is 11.4. The van der Waals surface area contributed by atoms with E-state index < -0.39 is 0 Å². The molecule has 130 valence electrons. The second kappa shape index (κ2) is 7.38. The summed E-state index contributed by atoms with van der Waals surface area (Å²) in [6, 6.07) is 11.8. The van der Waals surface area contributed by atoms with Crippen molar-refractivity contribution in [3.05, 3.63) is 58.7 Å². The van der Waals surface area contributed by atoms with Gasteiger partial charge >= 0.3 is 0 Å². The molecular formula is C20H22N2O3. The van der Waals surface area contributed by atoms with Crippen molar-refractivity contribution in [2.45, 2.75) is 27.2 Å². The van der Waals surface area contributed by atoms with E-state index in [1.165, 1.54) is 0 Å². The second-order valence-corrected chi connectivity index (χ2v) is 6.15. The third-order valence-corrected chi connectivity index (χ3v) is 4.18. The molecule has 0 saturated carbocycles. The number of aryl methyl sites for hydroxylation is 3. The largest absolute Gasteiger partial charge is 0.492 e. The fourth-order valence-electron chi connectivity index (χ4n) is 2.90. The molecule has 0 spiro atoms. The van der Waals surface area contributed by atoms with E-state index in [-0.39, 0.29) is 12.5 Å². The number of carbonyl (C=O) groups excluding carboxylic acids is 1. The molecule has 5 heteroatoms. The van der Waals surface area contributed by atoms with E-state index in [9.17, 15) is 4.79 Å². The Morgan fingerprint density at radius 3 is 2.56 bits per heavy atom. The molecule has 0 bridgehead atoms. The van der Waals surface area contributed by atoms with E-state index >= 15 is 0 Å². The Hall–Kier alpha value is -2.82. The number of para-hydroxylation sites is 2. The van der Waals surface area contributed by atoms with Crippen LogP contribution in [0.3, 0.4) is 0 Å². The van der Waals surface area contributed by atoms with Gasteiger partial charge in [-0.1, -0.05) is 30.3 Å². The van der Waals surface area contributed by atoms with Gasteiger partial charge in [0, 0.05) is 12.0 Å². The lowest BCUT2D eigenvalue weighted by atomic mass is 10.0. The van der Waals surface area contributed by atoms with Crippen LogP contribution >= 0.6 is 0 Å². The molecule has 0 aromatic heterocycles. The highest BCUT2D eigenvalue weighted by Crippen LogP contribution is 2.28. The van der Waals surface area contributed by atoms with Gasteiger partial charge in [0.15, 0.2) is 6.61 Å². The summed E-state index contributed by atoms with van der Waals surface area (Å²) in [4.78, 5) is 12.1. The molecule has 1 heterocycles. The minimum absolute atomic E-state index is 0.0698. The van der Waals surface area contributed by atoms with E-state index in [4.69, 9.17) is 9.47 Å². The summed E-state index contributed by atoms with van der Waals surface area (Å²) in [5, 5.41) is 4.28. The number of amides is 1. The quantitative estimate of drug-likeness (QED) is 0.870. The number of hydrogen-bond donors (Lipinski definition) is 1. The Balaban J connectivity index is 1.65. The third-order valence-electron chi connectivity index (χ3n) is 4.18. The molecule has 0 radical (unpaired) electrons. The molecule has 0 aliphatic carbocycles. The van der Waals surface area contributed by atoms with Crippen LogP contribution in [0.5, 0.6) is 11.5 Å². The smallest absolute Gasteiger partial charge is 0.277 e. The Bertz CT molecular complexity index is 807. The van der Waals surface area contributed by atoms with Crippen molar-refractivity contribution in [1.29, 1.82) is 0 Å². The van der Waals surface area contributed by atoms with Gasteiger partial charge in [0.25, 0.3) is 5.91 Å². The molecule has 25 heavy (non-hydrogen) atoms. The molecule has 0 atom stereocenters. The lowest BCUT2D eigenvalue weighted by molar-refractivity contribution is -0.123. The summed E-state index contributed by atoms with van der Waals surface area (Å²) in [7, 11) is 0. The highest BCUT2D eigenvalue weighted by Gasteiger charge is 2.18. The minimum Gasteiger partial charge on any atom is -0.492 e. The summed E-state index contributed by atoms with van der Waals surface area (Å²) in [5.41, 5.74) is 7.43. The number of fused-ring (bicyclic) bond motifs is 1. The molecular weight excluding hydrogens is 316 g/mol. The van der Waals surface area contributed by atoms with Gasteiger partial charge in [-0.15, -0.1) is 0 Å². The average molecular weight is 338 g/mol. The maximum absolute atomic E-state index is 12.1. The highest BCUT2D eigenvalue weighted by atomic mass is 16.5. The molecule has 3 rings (SSSR count). The first kappa shape index (κ1) is 17.0. The van der Waals surface area contributed by atoms with E-state index in [0.717, 1.165) is 39.5 Å². The maximum atomic E-state index is 12.1. The van der Waals surface area contributed by atoms with Gasteiger partial charge in [0.2, 0.25) is 0 Å². The molecule has 0 saturated heterocycles. The number of benzene rings is 2. The van der Waals surface area contributed by atoms with Crippen LogP contribution in [-0.4, -0.2) is 24.8 Å². The molecule has 0 fully saturated rings. The van der Waals surface area contributed by atoms with Crippen LogP contribution in [0, 0.1) is 20.8 Å². The van der Waals surface area contributed by atoms with Gasteiger partial charge in [-0.25, -0.2) is 5.43 Å². The van der Waals surface area contributed by atoms with Crippen molar-refractivity contribution in [1.82, 2.24) is 5.43 Å². The van der Waals surface area contributed by atoms with Crippen LogP contribution in [0.2, 0.25) is 0 Å². The number of carbonyl (C=O) groups is 1. The van der Waals surface area contributed by atoms with Crippen molar-refractivity contribution in [3.63, 3.8) is 0 Å². The van der Waals surface area contributed by atoms with Crippen molar-refractivity contribution in [3.8, 4) is 11.5 Å². The van der Waals surface area contributed by atoms with Crippen molar-refractivity contribution >= 4 is 11.6 Å². The van der Waals surface area contributed by atoms with Crippen molar-refractivity contribution in [2.24, 2.45) is 5.10 Å². The van der Waals surface area contributed by atoms with Crippen LogP contribution in [0.4, 0.5) is 0 Å². The monoisotopic (exact) mass is 338 g/mol. The molecule has 5 nitrogen and oxygen atoms in total. The average Bonchev–Trinajstić information content (AvgIpc) is 2.60. The predicted molar refractivity (Wildman–Crippen MR) is 97.4 cm³/mol. The predicted octanol–water partition coefficient (Wildman–Crippen LogP) is 3.29. The Morgan fingerprint density at radius 2 is 1.80 bits per heavy atom. The van der Waals surface area contributed by atoms with Crippen molar-refractivity contribution < 1.29 is 14.3 Å². The Morgan fingerprint density at radius 1 is 1.12 bits per heavy atom. The van der Waals surface area contributed by atoms with Crippen LogP contribution in [-0.2, 0) is 4.79 Å². The van der Waals surface area contributed by atoms with E-state index in [2.05, 4.69) is 10.5 Å². The Kier molecular flexibility index (Phi) is 5.03. The minimum atomic E-state index is -0.282. The van der Waals surface area contributed by atoms with E-state index in [1.54, 1.807) is 0 Å². The van der Waals surface area contributed by atoms with E-state index in [1.807, 2.05) is 57.2 Å². The SMILES string of the molecule is Cc1cccc(C)c1OCC(=O)N/N=C1\CCOc2c(C)cccc21. The lowest BCUT2D eigenvalue weighted by Gasteiger charge is -2.20. The zero-order valence-corrected chi connectivity index (χ0v) is 14.8. The first-order valence-electron chi connectivity index (χ1n) is 8.33. The lowest BCUT2D eigenvalue weighted by Crippen LogP contribution is -2.27. The molecule has 2 aromatic rings. The Labute approximate surface area is 147 Å². The van der Waals surface area contributed by atoms with Crippen LogP contribution in [0.25, 0.3) is 0 Å². The maximum Gasteiger partial charge on any atom is 0.277 e. The zero-order chi connectivity index (χ0) is 17.8. The summed E-state index contributed by atoms with van der Waals surface area (Å²) >= 11 is 0. The van der Waals surface area contributed by atoms with Crippen LogP contribution in [0.1, 0.15) is 28.7 Å². The number of rotatable bonds is 4. The van der Waals surface area contributed by atoms with Gasteiger partial charge in [0.1, 0.15) is 11.5 Å². The fourth-order valence-corrected chi connectivity index (χ4v) is 2.90. The molecule has 2 aromatic carbocycles. The van der Waals surface area contributed by atoms with Gasteiger partial charge in [0.05, 0.1) is 12.3 Å². The standard InChI is InChI=1S/C20H22N2O3/c1-13-6-4-7-14(2)19(13)25-12-18(23)22-21-17-10-11-24-20-15(3)8-5-9-16(17)20/h4-9H,10-12H2,1-3H3,(H,22,23)/b21-17+. The summed E-state index contributed by atoms with van der Waals surface area (Å²) in [5.74, 6) is 1.31. The number of nitrogens with one attached hydrogen (secondary N) is 1. The zero-order valence-electron chi connectivity index (χ0n) is 14.8. The van der Waals surface area contributed by atoms with Gasteiger partial charge in [-0.2, -0.15) is 5.10 Å². The molecule has 0 unspecified atom stereocenters. The first-order valence-corrected chi connectivity index (χ1v) is 8.33. The first-order chi connectivity index (χ1) is 12.1. The normalized spacial score (nSPS) is 14.6. The number of hydrazone groups is 1. The number of nitrogens with zero attached hydrogens (tertiary/aromatic N) is 1. The number of ether oxygens (including phenoxy) is 2. The molecule has 1 amide bonds. The topological polar surface area (TPSA) is 59.9 Å². The summed E-state index contributed by atoms with van der Waals surface area (Å²) in [6.45, 7) is 6.41.